The number of ether oxygens (including phenoxy) is 1. The second-order valence-electron chi connectivity index (χ2n) is 7.98. The zero-order valence-corrected chi connectivity index (χ0v) is 18.3. The Kier molecular flexibility index (Phi) is 8.60. The van der Waals surface area contributed by atoms with Crippen LogP contribution in [0.4, 0.5) is 5.69 Å². The maximum absolute atomic E-state index is 12.1. The summed E-state index contributed by atoms with van der Waals surface area (Å²) in [7, 11) is 1.32. The first kappa shape index (κ1) is 23.1. The summed E-state index contributed by atoms with van der Waals surface area (Å²) >= 11 is 0. The minimum absolute atomic E-state index is 0.189. The first-order valence-corrected chi connectivity index (χ1v) is 10.2. The van der Waals surface area contributed by atoms with Crippen molar-refractivity contribution < 1.29 is 14.3 Å². The molecule has 0 fully saturated rings. The van der Waals surface area contributed by atoms with Crippen LogP contribution in [-0.4, -0.2) is 19.0 Å². The zero-order valence-electron chi connectivity index (χ0n) is 18.3. The maximum atomic E-state index is 12.1. The molecule has 0 atom stereocenters. The molecule has 1 amide bonds. The molecule has 0 bridgehead atoms. The maximum Gasteiger partial charge on any atom is 0.337 e. The summed E-state index contributed by atoms with van der Waals surface area (Å²) in [5, 5.41) is 2.74. The highest BCUT2D eigenvalue weighted by molar-refractivity contribution is 6.01. The molecule has 4 nitrogen and oxygen atoms in total. The van der Waals surface area contributed by atoms with Crippen molar-refractivity contribution in [2.75, 3.05) is 12.4 Å². The topological polar surface area (TPSA) is 55.4 Å². The van der Waals surface area contributed by atoms with Crippen molar-refractivity contribution in [1.82, 2.24) is 0 Å². The number of para-hydroxylation sites is 1. The fourth-order valence-corrected chi connectivity index (χ4v) is 3.57. The van der Waals surface area contributed by atoms with Crippen molar-refractivity contribution in [2.24, 2.45) is 5.41 Å². The Bertz CT molecular complexity index is 899. The minimum Gasteiger partial charge on any atom is -0.465 e. The van der Waals surface area contributed by atoms with E-state index in [1.165, 1.54) is 43.2 Å². The molecule has 0 radical (unpaired) electrons. The van der Waals surface area contributed by atoms with Gasteiger partial charge in [-0.25, -0.2) is 4.79 Å². The first-order chi connectivity index (χ1) is 14.3. The summed E-state index contributed by atoms with van der Waals surface area (Å²) in [4.78, 5) is 24.0. The molecule has 0 unspecified atom stereocenters. The van der Waals surface area contributed by atoms with Crippen LogP contribution in [0.2, 0.25) is 0 Å². The quantitative estimate of drug-likeness (QED) is 0.348. The van der Waals surface area contributed by atoms with Crippen molar-refractivity contribution in [1.29, 1.82) is 0 Å². The van der Waals surface area contributed by atoms with Gasteiger partial charge in [-0.1, -0.05) is 61.9 Å². The van der Waals surface area contributed by atoms with Crippen LogP contribution in [0.5, 0.6) is 0 Å². The number of carbonyl (C=O) groups excluding carboxylic acids is 2. The van der Waals surface area contributed by atoms with Crippen LogP contribution < -0.4 is 5.32 Å². The van der Waals surface area contributed by atoms with E-state index >= 15 is 0 Å². The number of allylic oxidation sites excluding steroid dienone is 7. The third-order valence-electron chi connectivity index (χ3n) is 5.18. The molecule has 0 heterocycles. The summed E-state index contributed by atoms with van der Waals surface area (Å²) in [6.45, 7) is 6.75. The number of methoxy groups -OCH3 is 1. The molecule has 1 aliphatic rings. The number of anilines is 1. The molecule has 1 N–H and O–H groups in total. The SMILES string of the molecule is COC(=O)C(/C=C\C(=O)Nc1ccccc1)=C\C=C\C=C\C1=C(C)CCCC1(C)C. The van der Waals surface area contributed by atoms with Crippen LogP contribution in [0.1, 0.15) is 40.0 Å². The molecule has 1 aliphatic carbocycles. The highest BCUT2D eigenvalue weighted by Gasteiger charge is 2.26. The summed E-state index contributed by atoms with van der Waals surface area (Å²) in [5.41, 5.74) is 3.99. The fraction of sp³-hybridized carbons (Fsp3) is 0.308. The Hall–Kier alpha value is -3.14. The summed E-state index contributed by atoms with van der Waals surface area (Å²) in [6.07, 6.45) is 15.8. The van der Waals surface area contributed by atoms with Crippen LogP contribution in [0.15, 0.2) is 89.6 Å². The summed E-state index contributed by atoms with van der Waals surface area (Å²) in [6, 6.07) is 9.13. The lowest BCUT2D eigenvalue weighted by Crippen LogP contribution is -2.18. The van der Waals surface area contributed by atoms with E-state index in [0.29, 0.717) is 11.3 Å². The van der Waals surface area contributed by atoms with Gasteiger partial charge in [0.1, 0.15) is 0 Å². The minimum atomic E-state index is -0.501. The molecular formula is C26H31NO3. The smallest absolute Gasteiger partial charge is 0.337 e. The van der Waals surface area contributed by atoms with E-state index in [1.54, 1.807) is 24.3 Å². The second kappa shape index (κ2) is 11.1. The van der Waals surface area contributed by atoms with E-state index in [4.69, 9.17) is 4.74 Å². The van der Waals surface area contributed by atoms with Gasteiger partial charge in [0.2, 0.25) is 5.91 Å². The lowest BCUT2D eigenvalue weighted by molar-refractivity contribution is -0.135. The van der Waals surface area contributed by atoms with E-state index in [-0.39, 0.29) is 11.3 Å². The fourth-order valence-electron chi connectivity index (χ4n) is 3.57. The van der Waals surface area contributed by atoms with E-state index < -0.39 is 5.97 Å². The van der Waals surface area contributed by atoms with E-state index in [2.05, 4.69) is 32.2 Å². The number of carbonyl (C=O) groups is 2. The van der Waals surface area contributed by atoms with E-state index in [1.807, 2.05) is 30.4 Å². The average Bonchev–Trinajstić information content (AvgIpc) is 2.71. The third kappa shape index (κ3) is 7.03. The van der Waals surface area contributed by atoms with Gasteiger partial charge in [0, 0.05) is 11.8 Å². The van der Waals surface area contributed by atoms with Crippen LogP contribution in [0.3, 0.4) is 0 Å². The van der Waals surface area contributed by atoms with Gasteiger partial charge in [0.25, 0.3) is 0 Å². The van der Waals surface area contributed by atoms with E-state index in [9.17, 15) is 9.59 Å². The van der Waals surface area contributed by atoms with Gasteiger partial charge in [-0.3, -0.25) is 4.79 Å². The number of amides is 1. The zero-order chi connectivity index (χ0) is 22.0. The van der Waals surface area contributed by atoms with Crippen molar-refractivity contribution in [2.45, 2.75) is 40.0 Å². The molecule has 0 spiro atoms. The highest BCUT2D eigenvalue weighted by atomic mass is 16.5. The van der Waals surface area contributed by atoms with Crippen LogP contribution in [-0.2, 0) is 14.3 Å². The molecule has 158 valence electrons. The number of hydrogen-bond acceptors (Lipinski definition) is 3. The predicted octanol–water partition coefficient (Wildman–Crippen LogP) is 5.92. The third-order valence-corrected chi connectivity index (χ3v) is 5.18. The molecule has 0 saturated carbocycles. The first-order valence-electron chi connectivity index (χ1n) is 10.2. The predicted molar refractivity (Wildman–Crippen MR) is 123 cm³/mol. The summed E-state index contributed by atoms with van der Waals surface area (Å²) in [5.74, 6) is -0.818. The monoisotopic (exact) mass is 405 g/mol. The lowest BCUT2D eigenvalue weighted by atomic mass is 9.73. The Balaban J connectivity index is 2.06. The van der Waals surface area contributed by atoms with Gasteiger partial charge < -0.3 is 10.1 Å². The summed E-state index contributed by atoms with van der Waals surface area (Å²) < 4.78 is 4.81. The largest absolute Gasteiger partial charge is 0.465 e. The van der Waals surface area contributed by atoms with Crippen LogP contribution in [0.25, 0.3) is 0 Å². The molecule has 0 aromatic heterocycles. The second-order valence-corrected chi connectivity index (χ2v) is 7.98. The normalized spacial score (nSPS) is 17.1. The average molecular weight is 406 g/mol. The van der Waals surface area contributed by atoms with Crippen LogP contribution in [0, 0.1) is 5.41 Å². The van der Waals surface area contributed by atoms with Crippen molar-refractivity contribution >= 4 is 17.6 Å². The Morgan fingerprint density at radius 3 is 2.47 bits per heavy atom. The van der Waals surface area contributed by atoms with Gasteiger partial charge in [-0.05, 0) is 61.5 Å². The number of nitrogens with one attached hydrogen (secondary N) is 1. The molecule has 1 aromatic carbocycles. The number of rotatable bonds is 7. The molecule has 1 aromatic rings. The van der Waals surface area contributed by atoms with Crippen molar-refractivity contribution in [3.8, 4) is 0 Å². The van der Waals surface area contributed by atoms with Crippen molar-refractivity contribution in [3.05, 3.63) is 89.6 Å². The molecule has 0 aliphatic heterocycles. The number of hydrogen-bond donors (Lipinski definition) is 1. The molecule has 30 heavy (non-hydrogen) atoms. The standard InChI is InChI=1S/C26H31NO3/c1-20-12-11-19-26(2,3)23(20)16-10-5-7-13-21(25(29)30-4)17-18-24(28)27-22-14-8-6-9-15-22/h5-10,13-18H,11-12,19H2,1-4H3,(H,27,28)/b7-5+,16-10+,18-17-,21-13-. The van der Waals surface area contributed by atoms with Crippen LogP contribution >= 0.6 is 0 Å². The van der Waals surface area contributed by atoms with Crippen molar-refractivity contribution in [3.63, 3.8) is 0 Å². The van der Waals surface area contributed by atoms with Gasteiger partial charge in [-0.15, -0.1) is 0 Å². The van der Waals surface area contributed by atoms with Gasteiger partial charge >= 0.3 is 5.97 Å². The molecule has 0 saturated heterocycles. The van der Waals surface area contributed by atoms with E-state index in [0.717, 1.165) is 6.42 Å². The number of esters is 1. The number of benzene rings is 1. The Morgan fingerprint density at radius 1 is 1.07 bits per heavy atom. The molecule has 2 rings (SSSR count). The molecular weight excluding hydrogens is 374 g/mol. The Morgan fingerprint density at radius 2 is 1.80 bits per heavy atom. The lowest BCUT2D eigenvalue weighted by Gasteiger charge is -2.32. The Labute approximate surface area is 179 Å². The highest BCUT2D eigenvalue weighted by Crippen LogP contribution is 2.40. The van der Waals surface area contributed by atoms with Gasteiger partial charge in [-0.2, -0.15) is 0 Å². The molecule has 4 heteroatoms. The van der Waals surface area contributed by atoms with Gasteiger partial charge in [0.05, 0.1) is 12.7 Å². The van der Waals surface area contributed by atoms with Gasteiger partial charge in [0.15, 0.2) is 0 Å².